The van der Waals surface area contributed by atoms with E-state index >= 15 is 0 Å². The summed E-state index contributed by atoms with van der Waals surface area (Å²) in [5.74, 6) is 0. The zero-order chi connectivity index (χ0) is 23.6. The fourth-order valence-electron chi connectivity index (χ4n) is 5.56. The van der Waals surface area contributed by atoms with E-state index in [2.05, 4.69) is 21.9 Å². The molecule has 1 atom stereocenters. The molecule has 7 heteroatoms. The standard InChI is InChI=1S/C26H34N2O3S2/c1-4-10-20(27-3)13-16-28-33(30,31)25-18-24-22(17-19(25)2)26(14-8-5-9-15-26)21-11-6-7-12-23(21)32(24)29/h4,10-12,17-18,28H,5-9,13-16H2,1-3H3/b10-4-,27-20?. The van der Waals surface area contributed by atoms with Crippen molar-refractivity contribution in [1.29, 1.82) is 0 Å². The Bertz CT molecular complexity index is 1180. The quantitative estimate of drug-likeness (QED) is 0.559. The third-order valence-corrected chi connectivity index (χ3v) is 10.3. The van der Waals surface area contributed by atoms with E-state index in [4.69, 9.17) is 0 Å². The first-order valence-corrected chi connectivity index (χ1v) is 14.5. The summed E-state index contributed by atoms with van der Waals surface area (Å²) in [7, 11) is -3.39. The summed E-state index contributed by atoms with van der Waals surface area (Å²) < 4.78 is 42.8. The number of aryl methyl sites for hydroxylation is 1. The van der Waals surface area contributed by atoms with Gasteiger partial charge in [0.2, 0.25) is 10.0 Å². The highest BCUT2D eigenvalue weighted by molar-refractivity contribution is 7.90. The van der Waals surface area contributed by atoms with Crippen LogP contribution in [0.3, 0.4) is 0 Å². The van der Waals surface area contributed by atoms with E-state index in [1.54, 1.807) is 13.1 Å². The number of hydrogen-bond donors (Lipinski definition) is 1. The maximum Gasteiger partial charge on any atom is 0.240 e. The van der Waals surface area contributed by atoms with Crippen LogP contribution in [0.4, 0.5) is 0 Å². The molecule has 1 N–H and O–H groups in total. The van der Waals surface area contributed by atoms with Crippen molar-refractivity contribution in [3.05, 3.63) is 58.0 Å². The van der Waals surface area contributed by atoms with E-state index in [9.17, 15) is 12.6 Å². The Morgan fingerprint density at radius 1 is 1.18 bits per heavy atom. The highest BCUT2D eigenvalue weighted by Gasteiger charge is 2.46. The van der Waals surface area contributed by atoms with Gasteiger partial charge in [0.1, 0.15) is 0 Å². The Morgan fingerprint density at radius 3 is 2.61 bits per heavy atom. The molecule has 1 unspecified atom stereocenters. The van der Waals surface area contributed by atoms with Gasteiger partial charge in [-0.1, -0.05) is 43.6 Å². The molecule has 1 aromatic rings. The molecular weight excluding hydrogens is 452 g/mol. The second kappa shape index (κ2) is 9.80. The van der Waals surface area contributed by atoms with Crippen LogP contribution in [0.25, 0.3) is 0 Å². The van der Waals surface area contributed by atoms with Gasteiger partial charge in [-0.2, -0.15) is 0 Å². The summed E-state index contributed by atoms with van der Waals surface area (Å²) >= 11 is 0. The summed E-state index contributed by atoms with van der Waals surface area (Å²) in [6, 6.07) is 3.70. The van der Waals surface area contributed by atoms with Crippen molar-refractivity contribution < 1.29 is 12.6 Å². The molecule has 1 aliphatic heterocycles. The van der Waals surface area contributed by atoms with Crippen LogP contribution in [0.2, 0.25) is 0 Å². The van der Waals surface area contributed by atoms with Gasteiger partial charge in [0.25, 0.3) is 0 Å². The molecule has 1 spiro atoms. The minimum atomic E-state index is -3.74. The third kappa shape index (κ3) is 4.47. The van der Waals surface area contributed by atoms with Gasteiger partial charge < -0.3 is 0 Å². The second-order valence-electron chi connectivity index (χ2n) is 9.15. The first-order valence-electron chi connectivity index (χ1n) is 11.9. The van der Waals surface area contributed by atoms with Crippen LogP contribution in [-0.4, -0.2) is 31.9 Å². The van der Waals surface area contributed by atoms with Crippen LogP contribution in [-0.2, 0) is 26.2 Å². The Hall–Kier alpha value is -1.83. The first kappa shape index (κ1) is 24.3. The maximum atomic E-state index is 13.6. The van der Waals surface area contributed by atoms with E-state index in [0.29, 0.717) is 16.9 Å². The lowest BCUT2D eigenvalue weighted by Crippen LogP contribution is -2.38. The second-order valence-corrected chi connectivity index (χ2v) is 12.3. The third-order valence-electron chi connectivity index (χ3n) is 7.13. The predicted molar refractivity (Wildman–Crippen MR) is 136 cm³/mol. The summed E-state index contributed by atoms with van der Waals surface area (Å²) in [6.45, 7) is 4.03. The van der Waals surface area contributed by atoms with Gasteiger partial charge in [-0.25, -0.2) is 17.3 Å². The Kier molecular flexibility index (Phi) is 7.22. The van der Waals surface area contributed by atoms with Crippen molar-refractivity contribution in [2.75, 3.05) is 13.6 Å². The smallest absolute Gasteiger partial charge is 0.240 e. The van der Waals surface area contributed by atoms with Gasteiger partial charge in [-0.05, 0) is 68.4 Å². The number of rotatable bonds is 6. The molecule has 4 rings (SSSR count). The van der Waals surface area contributed by atoms with E-state index in [1.807, 2.05) is 32.1 Å². The largest absolute Gasteiger partial charge is 0.293 e. The lowest BCUT2D eigenvalue weighted by atomic mass is 9.63. The van der Waals surface area contributed by atoms with E-state index in [0.717, 1.165) is 54.7 Å². The molecule has 1 heterocycles. The molecule has 3 aliphatic rings. The minimum Gasteiger partial charge on any atom is -0.293 e. The minimum absolute atomic E-state index is 0.132. The van der Waals surface area contributed by atoms with E-state index < -0.39 is 20.8 Å². The number of fused-ring (bicyclic) bond motifs is 4. The van der Waals surface area contributed by atoms with Crippen molar-refractivity contribution in [1.82, 2.24) is 4.72 Å². The highest BCUT2D eigenvalue weighted by atomic mass is 32.2. The van der Waals surface area contributed by atoms with Crippen molar-refractivity contribution in [2.45, 2.75) is 80.4 Å². The van der Waals surface area contributed by atoms with Crippen LogP contribution in [0.5, 0.6) is 0 Å². The topological polar surface area (TPSA) is 75.6 Å². The van der Waals surface area contributed by atoms with Gasteiger partial charge in [-0.15, -0.1) is 0 Å². The Morgan fingerprint density at radius 2 is 1.91 bits per heavy atom. The van der Waals surface area contributed by atoms with Crippen LogP contribution < -0.4 is 4.72 Å². The molecule has 5 nitrogen and oxygen atoms in total. The van der Waals surface area contributed by atoms with Crippen molar-refractivity contribution in [2.24, 2.45) is 4.99 Å². The van der Waals surface area contributed by atoms with Gasteiger partial charge in [0, 0.05) is 40.9 Å². The molecule has 33 heavy (non-hydrogen) atoms. The van der Waals surface area contributed by atoms with Crippen LogP contribution in [0.1, 0.15) is 69.4 Å². The summed E-state index contributed by atoms with van der Waals surface area (Å²) in [5.41, 5.74) is 3.74. The maximum absolute atomic E-state index is 13.6. The van der Waals surface area contributed by atoms with Gasteiger partial charge in [0.05, 0.1) is 15.7 Å². The molecule has 0 saturated heterocycles. The van der Waals surface area contributed by atoms with Crippen molar-refractivity contribution >= 4 is 26.5 Å². The fraction of sp³-hybridized carbons (Fsp3) is 0.500. The van der Waals surface area contributed by atoms with Crippen molar-refractivity contribution in [3.63, 3.8) is 0 Å². The Labute approximate surface area is 200 Å². The van der Waals surface area contributed by atoms with E-state index in [1.165, 1.54) is 12.0 Å². The van der Waals surface area contributed by atoms with Gasteiger partial charge in [-0.3, -0.25) is 4.99 Å². The molecule has 1 saturated carbocycles. The molecule has 1 fully saturated rings. The summed E-state index contributed by atoms with van der Waals surface area (Å²) in [4.78, 5) is 6.00. The highest BCUT2D eigenvalue weighted by Crippen LogP contribution is 2.55. The summed E-state index contributed by atoms with van der Waals surface area (Å²) in [6.07, 6.45) is 16.2. The number of hydrogen-bond acceptors (Lipinski definition) is 4. The zero-order valence-corrected chi connectivity index (χ0v) is 21.4. The molecule has 0 bridgehead atoms. The average molecular weight is 487 g/mol. The molecule has 0 radical (unpaired) electrons. The number of nitrogens with zero attached hydrogens (tertiary/aromatic N) is 1. The normalized spacial score (nSPS) is 22.6. The number of benzene rings is 1. The fourth-order valence-corrected chi connectivity index (χ4v) is 8.58. The SMILES string of the molecule is C/C=C\C(CCNS(=O)(=O)c1cc2c(cc1C)C1(CCCCC1)C1=CCCC=C1S2=O)=NC. The molecule has 2 aliphatic carbocycles. The first-order chi connectivity index (χ1) is 15.8. The van der Waals surface area contributed by atoms with Crippen LogP contribution in [0.15, 0.2) is 61.7 Å². The average Bonchev–Trinajstić information content (AvgIpc) is 2.82. The number of sulfonamides is 1. The number of nitrogens with one attached hydrogen (secondary N) is 1. The predicted octanol–water partition coefficient (Wildman–Crippen LogP) is 5.24. The monoisotopic (exact) mass is 486 g/mol. The molecule has 0 aromatic heterocycles. The van der Waals surface area contributed by atoms with E-state index in [-0.39, 0.29) is 16.9 Å². The zero-order valence-electron chi connectivity index (χ0n) is 19.8. The van der Waals surface area contributed by atoms with Crippen LogP contribution in [0, 0.1) is 6.92 Å². The number of allylic oxidation sites excluding steroid dienone is 5. The Balaban J connectivity index is 1.74. The van der Waals surface area contributed by atoms with Crippen LogP contribution >= 0.6 is 0 Å². The summed E-state index contributed by atoms with van der Waals surface area (Å²) in [5, 5.41) is 0. The van der Waals surface area contributed by atoms with Gasteiger partial charge in [0.15, 0.2) is 0 Å². The van der Waals surface area contributed by atoms with Gasteiger partial charge >= 0.3 is 0 Å². The molecule has 178 valence electrons. The lowest BCUT2D eigenvalue weighted by Gasteiger charge is -2.46. The molecule has 1 aromatic carbocycles. The molecular formula is C26H34N2O3S2. The lowest BCUT2D eigenvalue weighted by molar-refractivity contribution is 0.335. The molecule has 0 amide bonds. The number of aliphatic imine (C=N–C) groups is 1. The van der Waals surface area contributed by atoms with Crippen molar-refractivity contribution in [3.8, 4) is 0 Å².